The van der Waals surface area contributed by atoms with Crippen molar-refractivity contribution in [3.8, 4) is 0 Å². The number of aromatic nitrogens is 2. The zero-order chi connectivity index (χ0) is 9.97. The lowest BCUT2D eigenvalue weighted by Gasteiger charge is -2.30. The van der Waals surface area contributed by atoms with Crippen LogP contribution in [0.15, 0.2) is 0 Å². The van der Waals surface area contributed by atoms with Crippen molar-refractivity contribution in [2.24, 2.45) is 5.92 Å². The molecule has 0 aromatic carbocycles. The summed E-state index contributed by atoms with van der Waals surface area (Å²) in [6.45, 7) is 5.48. The van der Waals surface area contributed by atoms with Gasteiger partial charge in [0.25, 0.3) is 0 Å². The van der Waals surface area contributed by atoms with Crippen LogP contribution in [-0.2, 0) is 6.54 Å². The van der Waals surface area contributed by atoms with Gasteiger partial charge >= 0.3 is 0 Å². The summed E-state index contributed by atoms with van der Waals surface area (Å²) in [5.74, 6) is 0.800. The maximum absolute atomic E-state index is 5.96. The number of rotatable bonds is 2. The first-order valence-electron chi connectivity index (χ1n) is 4.95. The molecule has 0 aliphatic carbocycles. The molecule has 5 heteroatoms. The van der Waals surface area contributed by atoms with E-state index in [4.69, 9.17) is 11.6 Å². The molecule has 78 valence electrons. The van der Waals surface area contributed by atoms with Gasteiger partial charge in [-0.1, -0.05) is 23.0 Å². The molecule has 1 aliphatic heterocycles. The van der Waals surface area contributed by atoms with Crippen LogP contribution < -0.4 is 0 Å². The van der Waals surface area contributed by atoms with Crippen LogP contribution in [-0.4, -0.2) is 27.6 Å². The van der Waals surface area contributed by atoms with Crippen LogP contribution in [0.3, 0.4) is 0 Å². The van der Waals surface area contributed by atoms with E-state index in [1.807, 2.05) is 0 Å². The minimum Gasteiger partial charge on any atom is -0.297 e. The number of nitrogens with zero attached hydrogens (tertiary/aromatic N) is 3. The second kappa shape index (κ2) is 4.55. The molecular formula is C9H14ClN3S. The van der Waals surface area contributed by atoms with Gasteiger partial charge < -0.3 is 0 Å². The number of likely N-dealkylation sites (tertiary alicyclic amines) is 1. The van der Waals surface area contributed by atoms with Crippen molar-refractivity contribution in [2.45, 2.75) is 26.3 Å². The van der Waals surface area contributed by atoms with Gasteiger partial charge in [0.05, 0.1) is 0 Å². The van der Waals surface area contributed by atoms with Gasteiger partial charge in [-0.05, 0) is 25.3 Å². The predicted octanol–water partition coefficient (Wildman–Crippen LogP) is 2.42. The topological polar surface area (TPSA) is 29.0 Å². The highest BCUT2D eigenvalue weighted by Gasteiger charge is 2.18. The lowest BCUT2D eigenvalue weighted by Crippen LogP contribution is -2.33. The monoisotopic (exact) mass is 231 g/mol. The van der Waals surface area contributed by atoms with E-state index in [9.17, 15) is 0 Å². The van der Waals surface area contributed by atoms with Crippen molar-refractivity contribution in [1.82, 2.24) is 14.5 Å². The zero-order valence-corrected chi connectivity index (χ0v) is 9.81. The van der Waals surface area contributed by atoms with E-state index < -0.39 is 0 Å². The summed E-state index contributed by atoms with van der Waals surface area (Å²) in [5.41, 5.74) is 0.936. The minimum absolute atomic E-state index is 0.739. The SMILES string of the molecule is CC1CCCN(Cc2nnsc2Cl)C1. The molecular weight excluding hydrogens is 218 g/mol. The highest BCUT2D eigenvalue weighted by molar-refractivity contribution is 7.10. The Hall–Kier alpha value is -0.190. The molecule has 1 aromatic heterocycles. The van der Waals surface area contributed by atoms with Crippen LogP contribution in [0, 0.1) is 5.92 Å². The van der Waals surface area contributed by atoms with Gasteiger partial charge in [-0.2, -0.15) is 0 Å². The third kappa shape index (κ3) is 2.43. The van der Waals surface area contributed by atoms with Crippen molar-refractivity contribution in [1.29, 1.82) is 0 Å². The van der Waals surface area contributed by atoms with Crippen molar-refractivity contribution >= 4 is 23.1 Å². The van der Waals surface area contributed by atoms with Crippen LogP contribution in [0.4, 0.5) is 0 Å². The molecule has 1 aromatic rings. The Morgan fingerprint density at radius 1 is 1.64 bits per heavy atom. The standard InChI is InChI=1S/C9H14ClN3S/c1-7-3-2-4-13(5-7)6-8-9(10)14-12-11-8/h7H,2-6H2,1H3. The van der Waals surface area contributed by atoms with Crippen LogP contribution in [0.25, 0.3) is 0 Å². The smallest absolute Gasteiger partial charge is 0.138 e. The quantitative estimate of drug-likeness (QED) is 0.783. The molecule has 0 radical (unpaired) electrons. The van der Waals surface area contributed by atoms with Gasteiger partial charge in [-0.15, -0.1) is 5.10 Å². The average molecular weight is 232 g/mol. The molecule has 1 fully saturated rings. The molecule has 14 heavy (non-hydrogen) atoms. The predicted molar refractivity (Wildman–Crippen MR) is 58.6 cm³/mol. The molecule has 0 spiro atoms. The molecule has 2 rings (SSSR count). The fourth-order valence-electron chi connectivity index (χ4n) is 1.93. The molecule has 0 N–H and O–H groups in total. The summed E-state index contributed by atoms with van der Waals surface area (Å²) >= 11 is 7.23. The maximum atomic E-state index is 5.96. The van der Waals surface area contributed by atoms with E-state index >= 15 is 0 Å². The molecule has 1 aliphatic rings. The first-order chi connectivity index (χ1) is 6.75. The van der Waals surface area contributed by atoms with E-state index in [-0.39, 0.29) is 0 Å². The first-order valence-corrected chi connectivity index (χ1v) is 6.10. The number of hydrogen-bond acceptors (Lipinski definition) is 4. The minimum atomic E-state index is 0.739. The van der Waals surface area contributed by atoms with Crippen LogP contribution in [0.1, 0.15) is 25.5 Å². The van der Waals surface area contributed by atoms with Gasteiger partial charge in [0.15, 0.2) is 0 Å². The molecule has 2 heterocycles. The maximum Gasteiger partial charge on any atom is 0.138 e. The van der Waals surface area contributed by atoms with Gasteiger partial charge in [0, 0.05) is 24.6 Å². The van der Waals surface area contributed by atoms with Crippen molar-refractivity contribution in [2.75, 3.05) is 13.1 Å². The number of piperidine rings is 1. The molecule has 1 unspecified atom stereocenters. The van der Waals surface area contributed by atoms with Crippen LogP contribution >= 0.6 is 23.1 Å². The van der Waals surface area contributed by atoms with Gasteiger partial charge in [-0.25, -0.2) is 0 Å². The van der Waals surface area contributed by atoms with E-state index in [0.29, 0.717) is 0 Å². The fourth-order valence-corrected chi connectivity index (χ4v) is 2.55. The first kappa shape index (κ1) is 10.3. The third-order valence-electron chi connectivity index (χ3n) is 2.62. The van der Waals surface area contributed by atoms with E-state index in [1.54, 1.807) is 0 Å². The highest BCUT2D eigenvalue weighted by atomic mass is 35.5. The summed E-state index contributed by atoms with van der Waals surface area (Å²) < 4.78 is 4.58. The van der Waals surface area contributed by atoms with Crippen LogP contribution in [0.5, 0.6) is 0 Å². The second-order valence-corrected chi connectivity index (χ2v) is 5.33. The lowest BCUT2D eigenvalue weighted by molar-refractivity contribution is 0.175. The molecule has 1 atom stereocenters. The number of hydrogen-bond donors (Lipinski definition) is 0. The Kier molecular flexibility index (Phi) is 3.36. The molecule has 1 saturated heterocycles. The van der Waals surface area contributed by atoms with Gasteiger partial charge in [-0.3, -0.25) is 4.90 Å². The van der Waals surface area contributed by atoms with E-state index in [1.165, 1.54) is 24.4 Å². The Morgan fingerprint density at radius 3 is 3.14 bits per heavy atom. The molecule has 0 amide bonds. The summed E-state index contributed by atoms with van der Waals surface area (Å²) in [7, 11) is 0. The van der Waals surface area contributed by atoms with Crippen LogP contribution in [0.2, 0.25) is 4.34 Å². The Balaban J connectivity index is 1.94. The fraction of sp³-hybridized carbons (Fsp3) is 0.778. The van der Waals surface area contributed by atoms with E-state index in [0.717, 1.165) is 35.6 Å². The summed E-state index contributed by atoms with van der Waals surface area (Å²) in [5, 5.41) is 4.03. The Labute approximate surface area is 93.2 Å². The summed E-state index contributed by atoms with van der Waals surface area (Å²) in [4.78, 5) is 2.41. The Morgan fingerprint density at radius 2 is 2.50 bits per heavy atom. The second-order valence-electron chi connectivity index (χ2n) is 3.98. The van der Waals surface area contributed by atoms with Crippen molar-refractivity contribution < 1.29 is 0 Å². The van der Waals surface area contributed by atoms with Gasteiger partial charge in [0.2, 0.25) is 0 Å². The third-order valence-corrected chi connectivity index (χ3v) is 3.61. The number of halogens is 1. The van der Waals surface area contributed by atoms with Crippen molar-refractivity contribution in [3.63, 3.8) is 0 Å². The zero-order valence-electron chi connectivity index (χ0n) is 8.24. The van der Waals surface area contributed by atoms with E-state index in [2.05, 4.69) is 21.4 Å². The summed E-state index contributed by atoms with van der Waals surface area (Å²) in [6, 6.07) is 0. The Bertz CT molecular complexity index is 302. The normalized spacial score (nSPS) is 24.0. The highest BCUT2D eigenvalue weighted by Crippen LogP contribution is 2.22. The summed E-state index contributed by atoms with van der Waals surface area (Å²) in [6.07, 6.45) is 2.63. The lowest BCUT2D eigenvalue weighted by atomic mass is 10.0. The molecule has 3 nitrogen and oxygen atoms in total. The largest absolute Gasteiger partial charge is 0.297 e. The molecule has 0 bridgehead atoms. The molecule has 0 saturated carbocycles. The van der Waals surface area contributed by atoms with Gasteiger partial charge in [0.1, 0.15) is 10.0 Å². The average Bonchev–Trinajstić information content (AvgIpc) is 2.52. The van der Waals surface area contributed by atoms with Crippen molar-refractivity contribution in [3.05, 3.63) is 10.0 Å².